The molecule has 1 aromatic carbocycles. The summed E-state index contributed by atoms with van der Waals surface area (Å²) in [4.78, 5) is 2.45. The van der Waals surface area contributed by atoms with E-state index in [9.17, 15) is 4.39 Å². The van der Waals surface area contributed by atoms with Crippen LogP contribution < -0.4 is 5.32 Å². The molecular weight excluding hydrogens is 298 g/mol. The van der Waals surface area contributed by atoms with Gasteiger partial charge >= 0.3 is 0 Å². The first-order valence-corrected chi connectivity index (χ1v) is 7.35. The van der Waals surface area contributed by atoms with Crippen LogP contribution in [0.4, 0.5) is 4.39 Å². The van der Waals surface area contributed by atoms with Crippen molar-refractivity contribution in [3.8, 4) is 0 Å². The average molecular weight is 321 g/mol. The van der Waals surface area contributed by atoms with Crippen molar-refractivity contribution < 1.29 is 4.39 Å². The maximum Gasteiger partial charge on any atom is 0.124 e. The SMILES string of the molecule is CC(C)C[C@@H](c1ccc(F)cc1Cl)N1CCNCC1.Cl. The van der Waals surface area contributed by atoms with Crippen LogP contribution in [0.3, 0.4) is 0 Å². The van der Waals surface area contributed by atoms with Gasteiger partial charge in [0.25, 0.3) is 0 Å². The molecule has 1 aliphatic heterocycles. The van der Waals surface area contributed by atoms with Crippen LogP contribution in [-0.2, 0) is 0 Å². The van der Waals surface area contributed by atoms with E-state index in [2.05, 4.69) is 24.1 Å². The summed E-state index contributed by atoms with van der Waals surface area (Å²) in [5.41, 5.74) is 1.05. The van der Waals surface area contributed by atoms with Gasteiger partial charge in [0.05, 0.1) is 0 Å². The van der Waals surface area contributed by atoms with E-state index in [0.29, 0.717) is 10.9 Å². The number of halogens is 3. The van der Waals surface area contributed by atoms with Gasteiger partial charge in [0.1, 0.15) is 5.82 Å². The van der Waals surface area contributed by atoms with Crippen LogP contribution in [0.5, 0.6) is 0 Å². The van der Waals surface area contributed by atoms with Crippen LogP contribution in [0, 0.1) is 11.7 Å². The van der Waals surface area contributed by atoms with Crippen LogP contribution in [0.15, 0.2) is 18.2 Å². The Kier molecular flexibility index (Phi) is 7.24. The van der Waals surface area contributed by atoms with E-state index in [4.69, 9.17) is 11.6 Å². The molecule has 0 bridgehead atoms. The maximum atomic E-state index is 13.2. The summed E-state index contributed by atoms with van der Waals surface area (Å²) in [6.45, 7) is 8.48. The lowest BCUT2D eigenvalue weighted by Crippen LogP contribution is -2.45. The highest BCUT2D eigenvalue weighted by atomic mass is 35.5. The van der Waals surface area contributed by atoms with E-state index in [1.807, 2.05) is 6.07 Å². The molecule has 1 saturated heterocycles. The second kappa shape index (κ2) is 8.18. The zero-order valence-electron chi connectivity index (χ0n) is 12.0. The predicted molar refractivity (Wildman–Crippen MR) is 85.3 cm³/mol. The fourth-order valence-electron chi connectivity index (χ4n) is 2.68. The lowest BCUT2D eigenvalue weighted by molar-refractivity contribution is 0.154. The first kappa shape index (κ1) is 17.7. The van der Waals surface area contributed by atoms with Gasteiger partial charge in [0, 0.05) is 37.2 Å². The third-order valence-electron chi connectivity index (χ3n) is 3.61. The maximum absolute atomic E-state index is 13.2. The molecule has 1 N–H and O–H groups in total. The van der Waals surface area contributed by atoms with E-state index in [1.54, 1.807) is 0 Å². The number of hydrogen-bond donors (Lipinski definition) is 1. The van der Waals surface area contributed by atoms with Gasteiger partial charge in [-0.25, -0.2) is 4.39 Å². The second-order valence-corrected chi connectivity index (χ2v) is 6.00. The largest absolute Gasteiger partial charge is 0.314 e. The molecule has 1 atom stereocenters. The summed E-state index contributed by atoms with van der Waals surface area (Å²) in [7, 11) is 0. The van der Waals surface area contributed by atoms with Crippen molar-refractivity contribution in [2.75, 3.05) is 26.2 Å². The number of piperazine rings is 1. The lowest BCUT2D eigenvalue weighted by Gasteiger charge is -2.36. The number of rotatable bonds is 4. The highest BCUT2D eigenvalue weighted by Gasteiger charge is 2.24. The fourth-order valence-corrected chi connectivity index (χ4v) is 2.98. The van der Waals surface area contributed by atoms with Crippen molar-refractivity contribution in [2.24, 2.45) is 5.92 Å². The fraction of sp³-hybridized carbons (Fsp3) is 0.600. The molecule has 0 aliphatic carbocycles. The van der Waals surface area contributed by atoms with Gasteiger partial charge in [-0.2, -0.15) is 0 Å². The second-order valence-electron chi connectivity index (χ2n) is 5.60. The van der Waals surface area contributed by atoms with Crippen LogP contribution >= 0.6 is 24.0 Å². The van der Waals surface area contributed by atoms with Crippen LogP contribution in [0.25, 0.3) is 0 Å². The van der Waals surface area contributed by atoms with Gasteiger partial charge in [-0.05, 0) is 30.0 Å². The van der Waals surface area contributed by atoms with Crippen molar-refractivity contribution in [3.05, 3.63) is 34.6 Å². The van der Waals surface area contributed by atoms with Gasteiger partial charge in [-0.1, -0.05) is 31.5 Å². The minimum atomic E-state index is -0.266. The molecule has 0 spiro atoms. The molecule has 1 aromatic rings. The number of nitrogens with zero attached hydrogens (tertiary/aromatic N) is 1. The Morgan fingerprint density at radius 2 is 1.95 bits per heavy atom. The van der Waals surface area contributed by atoms with Gasteiger partial charge in [-0.15, -0.1) is 12.4 Å². The van der Waals surface area contributed by atoms with E-state index in [-0.39, 0.29) is 24.3 Å². The van der Waals surface area contributed by atoms with E-state index in [0.717, 1.165) is 38.2 Å². The monoisotopic (exact) mass is 320 g/mol. The van der Waals surface area contributed by atoms with Crippen molar-refractivity contribution in [2.45, 2.75) is 26.3 Å². The highest BCUT2D eigenvalue weighted by molar-refractivity contribution is 6.31. The van der Waals surface area contributed by atoms with Gasteiger partial charge < -0.3 is 5.32 Å². The normalized spacial score (nSPS) is 17.9. The molecule has 0 saturated carbocycles. The topological polar surface area (TPSA) is 15.3 Å². The van der Waals surface area contributed by atoms with E-state index >= 15 is 0 Å². The minimum Gasteiger partial charge on any atom is -0.314 e. The summed E-state index contributed by atoms with van der Waals surface area (Å²) < 4.78 is 13.2. The number of nitrogens with one attached hydrogen (secondary N) is 1. The van der Waals surface area contributed by atoms with Gasteiger partial charge in [-0.3, -0.25) is 4.90 Å². The van der Waals surface area contributed by atoms with Gasteiger partial charge in [0.2, 0.25) is 0 Å². The van der Waals surface area contributed by atoms with Gasteiger partial charge in [0.15, 0.2) is 0 Å². The van der Waals surface area contributed by atoms with Crippen molar-refractivity contribution in [1.82, 2.24) is 10.2 Å². The Morgan fingerprint density at radius 1 is 1.30 bits per heavy atom. The molecule has 0 radical (unpaired) electrons. The summed E-state index contributed by atoms with van der Waals surface area (Å²) in [5, 5.41) is 3.91. The quantitative estimate of drug-likeness (QED) is 0.905. The van der Waals surface area contributed by atoms with Crippen LogP contribution in [0.1, 0.15) is 31.9 Å². The van der Waals surface area contributed by atoms with Crippen molar-refractivity contribution in [1.29, 1.82) is 0 Å². The van der Waals surface area contributed by atoms with Crippen LogP contribution in [0.2, 0.25) is 5.02 Å². The molecule has 2 rings (SSSR count). The smallest absolute Gasteiger partial charge is 0.124 e. The average Bonchev–Trinajstić information content (AvgIpc) is 2.37. The molecule has 0 unspecified atom stereocenters. The zero-order chi connectivity index (χ0) is 13.8. The first-order chi connectivity index (χ1) is 9.08. The Bertz CT molecular complexity index is 420. The molecule has 2 nitrogen and oxygen atoms in total. The van der Waals surface area contributed by atoms with E-state index in [1.165, 1.54) is 12.1 Å². The molecule has 114 valence electrons. The summed E-state index contributed by atoms with van der Waals surface area (Å²) >= 11 is 6.24. The zero-order valence-corrected chi connectivity index (χ0v) is 13.6. The molecule has 1 heterocycles. The number of benzene rings is 1. The summed E-state index contributed by atoms with van der Waals surface area (Å²) in [5.74, 6) is 0.318. The molecule has 0 amide bonds. The molecule has 5 heteroatoms. The third kappa shape index (κ3) is 4.59. The predicted octanol–water partition coefficient (Wildman–Crippen LogP) is 3.89. The molecule has 1 aliphatic rings. The van der Waals surface area contributed by atoms with Crippen LogP contribution in [-0.4, -0.2) is 31.1 Å². The molecule has 20 heavy (non-hydrogen) atoms. The minimum absolute atomic E-state index is 0. The highest BCUT2D eigenvalue weighted by Crippen LogP contribution is 2.33. The Balaban J connectivity index is 0.00000200. The summed E-state index contributed by atoms with van der Waals surface area (Å²) in [6.07, 6.45) is 1.05. The Labute approximate surface area is 132 Å². The Morgan fingerprint density at radius 3 is 2.50 bits per heavy atom. The Hall–Kier alpha value is -0.350. The number of hydrogen-bond acceptors (Lipinski definition) is 2. The van der Waals surface area contributed by atoms with Crippen molar-refractivity contribution >= 4 is 24.0 Å². The molecule has 1 fully saturated rings. The molecular formula is C15H23Cl2FN2. The third-order valence-corrected chi connectivity index (χ3v) is 3.94. The first-order valence-electron chi connectivity index (χ1n) is 6.97. The molecule has 0 aromatic heterocycles. The lowest BCUT2D eigenvalue weighted by atomic mass is 9.95. The van der Waals surface area contributed by atoms with E-state index < -0.39 is 0 Å². The van der Waals surface area contributed by atoms with Crippen molar-refractivity contribution in [3.63, 3.8) is 0 Å². The standard InChI is InChI=1S/C15H22ClFN2.ClH/c1-11(2)9-15(19-7-5-18-6-8-19)13-4-3-12(17)10-14(13)16;/h3-4,10-11,15,18H,5-9H2,1-2H3;1H/t15-;/m0./s1. The summed E-state index contributed by atoms with van der Waals surface area (Å²) in [6, 6.07) is 5.06.